The van der Waals surface area contributed by atoms with Crippen LogP contribution >= 0.6 is 49.9 Å². The molecule has 16 heavy (non-hydrogen) atoms. The van der Waals surface area contributed by atoms with E-state index in [0.717, 1.165) is 0 Å². The molecule has 84 valence electrons. The molecule has 0 aliphatic heterocycles. The van der Waals surface area contributed by atoms with E-state index in [1.54, 1.807) is 4.50 Å². The van der Waals surface area contributed by atoms with Gasteiger partial charge in [-0.3, -0.25) is 0 Å². The second-order valence-electron chi connectivity index (χ2n) is 4.91. The number of thiophene rings is 3. The normalized spacial score (nSPS) is 13.0. The molecular weight excluding hydrogens is 336 g/mol. The highest BCUT2D eigenvalue weighted by atomic mass is 79.9. The Morgan fingerprint density at radius 2 is 1.88 bits per heavy atom. The summed E-state index contributed by atoms with van der Waals surface area (Å²) in [6, 6.07) is 2.44. The van der Waals surface area contributed by atoms with E-state index in [9.17, 15) is 0 Å². The Morgan fingerprint density at radius 1 is 1.12 bits per heavy atom. The van der Waals surface area contributed by atoms with Crippen molar-refractivity contribution in [1.82, 2.24) is 0 Å². The monoisotopic (exact) mass is 346 g/mol. The zero-order chi connectivity index (χ0) is 11.5. The van der Waals surface area contributed by atoms with E-state index in [1.165, 1.54) is 23.3 Å². The van der Waals surface area contributed by atoms with E-state index in [-0.39, 0.29) is 0 Å². The molecule has 0 nitrogen and oxygen atoms in total. The summed E-state index contributed by atoms with van der Waals surface area (Å²) in [5.74, 6) is 0. The summed E-state index contributed by atoms with van der Waals surface area (Å²) in [7, 11) is -1.14. The molecule has 0 bridgehead atoms. The Labute approximate surface area is 116 Å². The maximum Gasteiger partial charge on any atom is 0.0904 e. The maximum atomic E-state index is 3.62. The molecule has 0 N–H and O–H groups in total. The zero-order valence-corrected chi connectivity index (χ0v) is 14.3. The summed E-state index contributed by atoms with van der Waals surface area (Å²) in [6.07, 6.45) is 0. The van der Waals surface area contributed by atoms with E-state index in [4.69, 9.17) is 0 Å². The van der Waals surface area contributed by atoms with Gasteiger partial charge in [-0.2, -0.15) is 0 Å². The molecule has 0 aromatic carbocycles. The molecule has 0 unspecified atom stereocenters. The van der Waals surface area contributed by atoms with Crippen molar-refractivity contribution < 1.29 is 0 Å². The fourth-order valence-electron chi connectivity index (χ4n) is 1.68. The molecule has 0 saturated carbocycles. The van der Waals surface area contributed by atoms with Gasteiger partial charge < -0.3 is 0 Å². The predicted molar refractivity (Wildman–Crippen MR) is 85.8 cm³/mol. The second-order valence-corrected chi connectivity index (χ2v) is 14.4. The molecule has 3 aromatic heterocycles. The molecule has 0 fully saturated rings. The molecule has 0 radical (unpaired) electrons. The topological polar surface area (TPSA) is 0 Å². The third-order valence-electron chi connectivity index (χ3n) is 2.58. The summed E-state index contributed by atoms with van der Waals surface area (Å²) in [5.41, 5.74) is 0. The average Bonchev–Trinajstić information content (AvgIpc) is 2.76. The fourth-order valence-corrected chi connectivity index (χ4v) is 8.33. The van der Waals surface area contributed by atoms with Crippen molar-refractivity contribution in [2.24, 2.45) is 0 Å². The van der Waals surface area contributed by atoms with Crippen LogP contribution in [0.3, 0.4) is 0 Å². The smallest absolute Gasteiger partial charge is 0.0904 e. The molecule has 0 atom stereocenters. The van der Waals surface area contributed by atoms with Crippen molar-refractivity contribution in [2.75, 3.05) is 0 Å². The molecule has 0 aliphatic carbocycles. The number of rotatable bonds is 1. The van der Waals surface area contributed by atoms with E-state index < -0.39 is 8.07 Å². The highest BCUT2D eigenvalue weighted by Crippen LogP contribution is 2.44. The van der Waals surface area contributed by atoms with Gasteiger partial charge in [-0.15, -0.1) is 34.0 Å². The summed E-state index contributed by atoms with van der Waals surface area (Å²) < 4.78 is 7.27. The van der Waals surface area contributed by atoms with Crippen molar-refractivity contribution in [3.05, 3.63) is 15.9 Å². The van der Waals surface area contributed by atoms with Gasteiger partial charge in [0.2, 0.25) is 0 Å². The first-order valence-electron chi connectivity index (χ1n) is 5.06. The highest BCUT2D eigenvalue weighted by molar-refractivity contribution is 9.10. The molecular formula is C11H11BrS3Si. The minimum absolute atomic E-state index is 1.14. The number of hydrogen-bond donors (Lipinski definition) is 0. The zero-order valence-electron chi connectivity index (χ0n) is 9.26. The molecule has 3 aromatic rings. The van der Waals surface area contributed by atoms with Crippen molar-refractivity contribution >= 4 is 81.3 Å². The van der Waals surface area contributed by atoms with Crippen LogP contribution in [0.15, 0.2) is 15.9 Å². The summed E-state index contributed by atoms with van der Waals surface area (Å²) in [6.45, 7) is 7.26. The Bertz CT molecular complexity index is 668. The van der Waals surface area contributed by atoms with Crippen LogP contribution in [0.2, 0.25) is 19.6 Å². The van der Waals surface area contributed by atoms with Gasteiger partial charge in [0.05, 0.1) is 21.5 Å². The van der Waals surface area contributed by atoms with Crippen molar-refractivity contribution in [2.45, 2.75) is 19.6 Å². The van der Waals surface area contributed by atoms with E-state index in [0.29, 0.717) is 0 Å². The van der Waals surface area contributed by atoms with Gasteiger partial charge in [0.1, 0.15) is 0 Å². The largest absolute Gasteiger partial charge is 0.141 e. The van der Waals surface area contributed by atoms with Gasteiger partial charge in [-0.25, -0.2) is 0 Å². The predicted octanol–water partition coefficient (Wildman–Crippen LogP) is 5.49. The van der Waals surface area contributed by atoms with E-state index in [2.05, 4.69) is 47.0 Å². The lowest BCUT2D eigenvalue weighted by molar-refractivity contribution is 1.79. The van der Waals surface area contributed by atoms with Crippen LogP contribution in [-0.4, -0.2) is 8.07 Å². The van der Waals surface area contributed by atoms with Crippen molar-refractivity contribution in [1.29, 1.82) is 0 Å². The second kappa shape index (κ2) is 3.65. The van der Waals surface area contributed by atoms with Crippen LogP contribution in [0.5, 0.6) is 0 Å². The van der Waals surface area contributed by atoms with Crippen LogP contribution in [0.25, 0.3) is 18.8 Å². The maximum absolute atomic E-state index is 3.62. The first kappa shape index (κ1) is 11.4. The van der Waals surface area contributed by atoms with Crippen LogP contribution in [-0.2, 0) is 0 Å². The van der Waals surface area contributed by atoms with Crippen LogP contribution < -0.4 is 4.50 Å². The number of hydrogen-bond acceptors (Lipinski definition) is 3. The molecule has 0 aliphatic rings. The van der Waals surface area contributed by atoms with Crippen molar-refractivity contribution in [3.63, 3.8) is 0 Å². The molecule has 0 saturated heterocycles. The average molecular weight is 347 g/mol. The molecule has 0 spiro atoms. The first-order valence-corrected chi connectivity index (χ1v) is 11.9. The third-order valence-corrected chi connectivity index (χ3v) is 11.0. The van der Waals surface area contributed by atoms with Crippen molar-refractivity contribution in [3.8, 4) is 0 Å². The van der Waals surface area contributed by atoms with Gasteiger partial charge in [0.25, 0.3) is 0 Å². The lowest BCUT2D eigenvalue weighted by Crippen LogP contribution is -2.34. The summed E-state index contributed by atoms with van der Waals surface area (Å²) >= 11 is 9.43. The molecule has 3 heterocycles. The quantitative estimate of drug-likeness (QED) is 0.511. The van der Waals surface area contributed by atoms with Crippen LogP contribution in [0.4, 0.5) is 0 Å². The van der Waals surface area contributed by atoms with Gasteiger partial charge in [-0.1, -0.05) is 19.6 Å². The summed E-state index contributed by atoms with van der Waals surface area (Å²) in [4.78, 5) is 0. The van der Waals surface area contributed by atoms with Crippen LogP contribution in [0.1, 0.15) is 0 Å². The molecule has 5 heteroatoms. The van der Waals surface area contributed by atoms with Gasteiger partial charge in [0, 0.05) is 15.2 Å². The third kappa shape index (κ3) is 1.64. The number of fused-ring (bicyclic) bond motifs is 3. The number of halogens is 1. The summed E-state index contributed by atoms with van der Waals surface area (Å²) in [5, 5.41) is 3.69. The Balaban J connectivity index is 2.34. The Morgan fingerprint density at radius 3 is 2.56 bits per heavy atom. The minimum Gasteiger partial charge on any atom is -0.141 e. The van der Waals surface area contributed by atoms with Gasteiger partial charge >= 0.3 is 0 Å². The lowest BCUT2D eigenvalue weighted by Gasteiger charge is -2.11. The highest BCUT2D eigenvalue weighted by Gasteiger charge is 2.21. The van der Waals surface area contributed by atoms with E-state index >= 15 is 0 Å². The first-order chi connectivity index (χ1) is 7.47. The fraction of sp³-hybridized carbons (Fsp3) is 0.273. The van der Waals surface area contributed by atoms with E-state index in [1.807, 2.05) is 34.0 Å². The van der Waals surface area contributed by atoms with Gasteiger partial charge in [-0.05, 0) is 26.5 Å². The standard InChI is InChI=1S/C11H11BrS3Si/c1-16(2,3)8-4-6-9-10(7(12)5-13-9)15-11(6)14-8/h4-5H,1-3H3. The Hall–Kier alpha value is 0.317. The van der Waals surface area contributed by atoms with Crippen LogP contribution in [0, 0.1) is 0 Å². The lowest BCUT2D eigenvalue weighted by atomic mass is 10.4. The molecule has 3 rings (SSSR count). The van der Waals surface area contributed by atoms with Gasteiger partial charge in [0.15, 0.2) is 0 Å². The minimum atomic E-state index is -1.14. The Kier molecular flexibility index (Phi) is 2.60. The molecule has 0 amide bonds. The SMILES string of the molecule is C[Si](C)(C)c1cc2c(s1)sc1c(Br)csc12.